The lowest BCUT2D eigenvalue weighted by Gasteiger charge is -2.13. The summed E-state index contributed by atoms with van der Waals surface area (Å²) in [5.41, 5.74) is 1.18. The van der Waals surface area contributed by atoms with Crippen molar-refractivity contribution in [1.29, 1.82) is 5.26 Å². The van der Waals surface area contributed by atoms with Gasteiger partial charge in [0, 0.05) is 18.4 Å². The molecule has 0 fully saturated rings. The number of nitrogens with zero attached hydrogens (tertiary/aromatic N) is 2. The van der Waals surface area contributed by atoms with E-state index in [1.165, 1.54) is 23.8 Å². The molecule has 1 heterocycles. The molecule has 0 aliphatic carbocycles. The molecule has 1 N–H and O–H groups in total. The van der Waals surface area contributed by atoms with Gasteiger partial charge < -0.3 is 14.6 Å². The van der Waals surface area contributed by atoms with Gasteiger partial charge in [-0.05, 0) is 37.6 Å². The average Bonchev–Trinajstić information content (AvgIpc) is 2.55. The molecule has 1 aromatic heterocycles. The number of halogens is 1. The number of anilines is 1. The number of amides is 1. The van der Waals surface area contributed by atoms with Crippen LogP contribution >= 0.6 is 0 Å². The van der Waals surface area contributed by atoms with Gasteiger partial charge in [-0.2, -0.15) is 5.26 Å². The van der Waals surface area contributed by atoms with Gasteiger partial charge in [-0.25, -0.2) is 4.39 Å². The van der Waals surface area contributed by atoms with E-state index in [-0.39, 0.29) is 24.4 Å². The molecule has 6 nitrogen and oxygen atoms in total. The zero-order chi connectivity index (χ0) is 18.6. The Bertz CT molecular complexity index is 913. The summed E-state index contributed by atoms with van der Waals surface area (Å²) < 4.78 is 19.9. The summed E-state index contributed by atoms with van der Waals surface area (Å²) in [6.45, 7) is 3.24. The molecule has 0 saturated carbocycles. The molecule has 0 bridgehead atoms. The molecular formula is C18H18FN3O3. The number of aromatic nitrogens is 1. The minimum Gasteiger partial charge on any atom is -0.380 e. The van der Waals surface area contributed by atoms with E-state index in [0.717, 1.165) is 5.56 Å². The van der Waals surface area contributed by atoms with Crippen molar-refractivity contribution in [2.45, 2.75) is 27.0 Å². The van der Waals surface area contributed by atoms with Crippen LogP contribution in [0.4, 0.5) is 10.1 Å². The Kier molecular flexibility index (Phi) is 5.67. The summed E-state index contributed by atoms with van der Waals surface area (Å²) in [6.07, 6.45) is 0. The Labute approximate surface area is 144 Å². The van der Waals surface area contributed by atoms with Crippen molar-refractivity contribution in [2.75, 3.05) is 12.4 Å². The van der Waals surface area contributed by atoms with E-state index >= 15 is 0 Å². The third-order valence-electron chi connectivity index (χ3n) is 3.70. The number of hydrogen-bond donors (Lipinski definition) is 1. The summed E-state index contributed by atoms with van der Waals surface area (Å²) in [7, 11) is 1.46. The van der Waals surface area contributed by atoms with Gasteiger partial charge >= 0.3 is 0 Å². The number of carbonyl (C=O) groups excluding carboxylic acids is 1. The molecule has 7 heteroatoms. The standard InChI is InChI=1S/C18H18FN3O3/c1-11-4-5-15(19)16(6-11)21-17(23)9-22-12(2)7-13(10-25-3)14(8-20)18(22)24/h4-7H,9-10H2,1-3H3,(H,21,23). The first-order valence-corrected chi connectivity index (χ1v) is 7.55. The van der Waals surface area contributed by atoms with Gasteiger partial charge in [0.25, 0.3) is 5.56 Å². The fourth-order valence-corrected chi connectivity index (χ4v) is 2.49. The highest BCUT2D eigenvalue weighted by molar-refractivity contribution is 5.90. The van der Waals surface area contributed by atoms with E-state index in [2.05, 4.69) is 5.32 Å². The number of pyridine rings is 1. The van der Waals surface area contributed by atoms with E-state index < -0.39 is 17.3 Å². The quantitative estimate of drug-likeness (QED) is 0.902. The summed E-state index contributed by atoms with van der Waals surface area (Å²) in [6, 6.07) is 7.84. The Morgan fingerprint density at radius 3 is 2.72 bits per heavy atom. The first kappa shape index (κ1) is 18.4. The number of carbonyl (C=O) groups is 1. The molecule has 0 atom stereocenters. The molecule has 0 aliphatic rings. The fraction of sp³-hybridized carbons (Fsp3) is 0.278. The molecular weight excluding hydrogens is 325 g/mol. The van der Waals surface area contributed by atoms with Crippen molar-refractivity contribution >= 4 is 11.6 Å². The smallest absolute Gasteiger partial charge is 0.269 e. The van der Waals surface area contributed by atoms with E-state index in [9.17, 15) is 19.2 Å². The predicted octanol–water partition coefficient (Wildman–Crippen LogP) is 2.26. The molecule has 0 spiro atoms. The van der Waals surface area contributed by atoms with Crippen LogP contribution in [0.2, 0.25) is 0 Å². The fourth-order valence-electron chi connectivity index (χ4n) is 2.49. The van der Waals surface area contributed by atoms with Crippen LogP contribution in [0.25, 0.3) is 0 Å². The van der Waals surface area contributed by atoms with Crippen LogP contribution in [0.15, 0.2) is 29.1 Å². The third kappa shape index (κ3) is 4.11. The molecule has 0 saturated heterocycles. The number of rotatable bonds is 5. The largest absolute Gasteiger partial charge is 0.380 e. The average molecular weight is 343 g/mol. The molecule has 2 rings (SSSR count). The first-order chi connectivity index (χ1) is 11.9. The summed E-state index contributed by atoms with van der Waals surface area (Å²) in [5, 5.41) is 11.7. The van der Waals surface area contributed by atoms with Gasteiger partial charge in [0.1, 0.15) is 24.0 Å². The highest BCUT2D eigenvalue weighted by Gasteiger charge is 2.15. The topological polar surface area (TPSA) is 84.1 Å². The van der Waals surface area contributed by atoms with Gasteiger partial charge in [0.15, 0.2) is 0 Å². The number of methoxy groups -OCH3 is 1. The molecule has 25 heavy (non-hydrogen) atoms. The Morgan fingerprint density at radius 1 is 1.36 bits per heavy atom. The number of ether oxygens (including phenoxy) is 1. The van der Waals surface area contributed by atoms with E-state index in [4.69, 9.17) is 4.74 Å². The molecule has 1 aromatic carbocycles. The molecule has 0 radical (unpaired) electrons. The van der Waals surface area contributed by atoms with Gasteiger partial charge in [-0.3, -0.25) is 9.59 Å². The van der Waals surface area contributed by atoms with Crippen molar-refractivity contribution in [2.24, 2.45) is 0 Å². The maximum absolute atomic E-state index is 13.7. The minimum atomic E-state index is -0.575. The number of hydrogen-bond acceptors (Lipinski definition) is 4. The zero-order valence-electron chi connectivity index (χ0n) is 14.2. The molecule has 1 amide bonds. The second-order valence-electron chi connectivity index (χ2n) is 5.65. The van der Waals surface area contributed by atoms with Crippen LogP contribution in [0, 0.1) is 31.0 Å². The van der Waals surface area contributed by atoms with Crippen LogP contribution in [0.5, 0.6) is 0 Å². The Morgan fingerprint density at radius 2 is 2.08 bits per heavy atom. The van der Waals surface area contributed by atoms with Crippen LogP contribution in [0.3, 0.4) is 0 Å². The number of nitriles is 1. The lowest BCUT2D eigenvalue weighted by molar-refractivity contribution is -0.116. The molecule has 0 unspecified atom stereocenters. The SMILES string of the molecule is COCc1cc(C)n(CC(=O)Nc2cc(C)ccc2F)c(=O)c1C#N. The van der Waals surface area contributed by atoms with Gasteiger partial charge in [-0.15, -0.1) is 0 Å². The van der Waals surface area contributed by atoms with Gasteiger partial charge in [-0.1, -0.05) is 6.07 Å². The molecule has 130 valence electrons. The zero-order valence-corrected chi connectivity index (χ0v) is 14.2. The summed E-state index contributed by atoms with van der Waals surface area (Å²) >= 11 is 0. The van der Waals surface area contributed by atoms with Gasteiger partial charge in [0.05, 0.1) is 12.3 Å². The highest BCUT2D eigenvalue weighted by Crippen LogP contribution is 2.16. The van der Waals surface area contributed by atoms with Crippen molar-refractivity contribution in [1.82, 2.24) is 4.57 Å². The normalized spacial score (nSPS) is 10.4. The maximum Gasteiger partial charge on any atom is 0.269 e. The van der Waals surface area contributed by atoms with Crippen LogP contribution < -0.4 is 10.9 Å². The number of aryl methyl sites for hydroxylation is 2. The second-order valence-corrected chi connectivity index (χ2v) is 5.65. The molecule has 0 aliphatic heterocycles. The van der Waals surface area contributed by atoms with E-state index in [1.54, 1.807) is 26.0 Å². The van der Waals surface area contributed by atoms with Crippen LogP contribution in [-0.4, -0.2) is 17.6 Å². The van der Waals surface area contributed by atoms with Crippen molar-refractivity contribution in [3.05, 3.63) is 62.8 Å². The van der Waals surface area contributed by atoms with Gasteiger partial charge in [0.2, 0.25) is 5.91 Å². The lowest BCUT2D eigenvalue weighted by atomic mass is 10.1. The monoisotopic (exact) mass is 343 g/mol. The number of nitrogens with one attached hydrogen (secondary N) is 1. The maximum atomic E-state index is 13.7. The van der Waals surface area contributed by atoms with E-state index in [1.807, 2.05) is 6.07 Å². The summed E-state index contributed by atoms with van der Waals surface area (Å²) in [4.78, 5) is 24.7. The van der Waals surface area contributed by atoms with Crippen molar-refractivity contribution in [3.8, 4) is 6.07 Å². The second kappa shape index (κ2) is 7.73. The highest BCUT2D eigenvalue weighted by atomic mass is 19.1. The Hall–Kier alpha value is -2.98. The lowest BCUT2D eigenvalue weighted by Crippen LogP contribution is -2.31. The minimum absolute atomic E-state index is 0.0483. The third-order valence-corrected chi connectivity index (χ3v) is 3.70. The van der Waals surface area contributed by atoms with Crippen molar-refractivity contribution < 1.29 is 13.9 Å². The number of benzene rings is 1. The predicted molar refractivity (Wildman–Crippen MR) is 90.6 cm³/mol. The van der Waals surface area contributed by atoms with Crippen LogP contribution in [0.1, 0.15) is 22.4 Å². The van der Waals surface area contributed by atoms with E-state index in [0.29, 0.717) is 11.3 Å². The van der Waals surface area contributed by atoms with Crippen LogP contribution in [-0.2, 0) is 22.7 Å². The summed E-state index contributed by atoms with van der Waals surface area (Å²) in [5.74, 6) is -1.12. The van der Waals surface area contributed by atoms with Crippen molar-refractivity contribution in [3.63, 3.8) is 0 Å². The first-order valence-electron chi connectivity index (χ1n) is 7.55. The molecule has 2 aromatic rings. The Balaban J connectivity index is 2.31.